The van der Waals surface area contributed by atoms with E-state index < -0.39 is 0 Å². The monoisotopic (exact) mass is 249 g/mol. The second kappa shape index (κ2) is 6.88. The van der Waals surface area contributed by atoms with E-state index in [1.54, 1.807) is 0 Å². The number of ether oxygens (including phenoxy) is 1. The van der Waals surface area contributed by atoms with Crippen molar-refractivity contribution in [3.05, 3.63) is 35.4 Å². The van der Waals surface area contributed by atoms with Crippen LogP contribution in [0.15, 0.2) is 24.3 Å². The quantitative estimate of drug-likeness (QED) is 0.868. The van der Waals surface area contributed by atoms with E-state index in [1.807, 2.05) is 12.1 Å². The van der Waals surface area contributed by atoms with Gasteiger partial charge >= 0.3 is 0 Å². The molecule has 0 radical (unpaired) electrons. The van der Waals surface area contributed by atoms with Crippen LogP contribution in [0, 0.1) is 0 Å². The summed E-state index contributed by atoms with van der Waals surface area (Å²) in [5.74, 6) is 0. The highest BCUT2D eigenvalue weighted by Gasteiger charge is 2.18. The number of nitrogens with zero attached hydrogens (tertiary/aromatic N) is 1. The molecular weight excluding hydrogens is 226 g/mol. The molecule has 1 aromatic carbocycles. The SMILES string of the molecule is CCOC1CCN(Cc2ccc(CO)cc2)CC1. The summed E-state index contributed by atoms with van der Waals surface area (Å²) < 4.78 is 5.66. The first-order valence-electron chi connectivity index (χ1n) is 6.84. The van der Waals surface area contributed by atoms with Gasteiger partial charge in [-0.15, -0.1) is 0 Å². The van der Waals surface area contributed by atoms with E-state index >= 15 is 0 Å². The maximum absolute atomic E-state index is 9.01. The second-order valence-electron chi connectivity index (χ2n) is 4.91. The lowest BCUT2D eigenvalue weighted by Gasteiger charge is -2.31. The summed E-state index contributed by atoms with van der Waals surface area (Å²) in [4.78, 5) is 2.48. The first-order valence-corrected chi connectivity index (χ1v) is 6.84. The van der Waals surface area contributed by atoms with Crippen molar-refractivity contribution >= 4 is 0 Å². The summed E-state index contributed by atoms with van der Waals surface area (Å²) >= 11 is 0. The Kier molecular flexibility index (Phi) is 5.17. The number of likely N-dealkylation sites (tertiary alicyclic amines) is 1. The van der Waals surface area contributed by atoms with Gasteiger partial charge in [0, 0.05) is 26.2 Å². The van der Waals surface area contributed by atoms with Crippen molar-refractivity contribution in [2.24, 2.45) is 0 Å². The van der Waals surface area contributed by atoms with E-state index in [9.17, 15) is 0 Å². The van der Waals surface area contributed by atoms with Crippen molar-refractivity contribution in [3.63, 3.8) is 0 Å². The van der Waals surface area contributed by atoms with Gasteiger partial charge < -0.3 is 9.84 Å². The van der Waals surface area contributed by atoms with Gasteiger partial charge in [0.1, 0.15) is 0 Å². The van der Waals surface area contributed by atoms with Gasteiger partial charge in [0.25, 0.3) is 0 Å². The van der Waals surface area contributed by atoms with E-state index in [2.05, 4.69) is 24.0 Å². The van der Waals surface area contributed by atoms with Crippen LogP contribution >= 0.6 is 0 Å². The summed E-state index contributed by atoms with van der Waals surface area (Å²) in [6.45, 7) is 6.26. The standard InChI is InChI=1S/C15H23NO2/c1-2-18-15-7-9-16(10-8-15)11-13-3-5-14(12-17)6-4-13/h3-6,15,17H,2,7-12H2,1H3. The number of hydrogen-bond donors (Lipinski definition) is 1. The van der Waals surface area contributed by atoms with Crippen LogP contribution in [0.4, 0.5) is 0 Å². The Labute approximate surface area is 109 Å². The fourth-order valence-electron chi connectivity index (χ4n) is 2.48. The van der Waals surface area contributed by atoms with Crippen molar-refractivity contribution in [1.82, 2.24) is 4.90 Å². The lowest BCUT2D eigenvalue weighted by atomic mass is 10.1. The molecule has 1 aliphatic heterocycles. The molecule has 0 spiro atoms. The summed E-state index contributed by atoms with van der Waals surface area (Å²) in [6.07, 6.45) is 2.74. The van der Waals surface area contributed by atoms with E-state index in [0.717, 1.165) is 44.6 Å². The fraction of sp³-hybridized carbons (Fsp3) is 0.600. The Balaban J connectivity index is 1.80. The third-order valence-corrected chi connectivity index (χ3v) is 3.55. The molecule has 3 nitrogen and oxygen atoms in total. The molecule has 0 unspecified atom stereocenters. The average molecular weight is 249 g/mol. The Morgan fingerprint density at radius 3 is 2.33 bits per heavy atom. The minimum absolute atomic E-state index is 0.125. The topological polar surface area (TPSA) is 32.7 Å². The van der Waals surface area contributed by atoms with E-state index in [1.165, 1.54) is 5.56 Å². The zero-order valence-electron chi connectivity index (χ0n) is 11.1. The lowest BCUT2D eigenvalue weighted by Crippen LogP contribution is -2.36. The predicted octanol–water partition coefficient (Wildman–Crippen LogP) is 2.18. The molecule has 0 saturated carbocycles. The maximum Gasteiger partial charge on any atom is 0.0681 e. The van der Waals surface area contributed by atoms with Crippen LogP contribution < -0.4 is 0 Å². The molecular formula is C15H23NO2. The van der Waals surface area contributed by atoms with Gasteiger partial charge in [0.2, 0.25) is 0 Å². The highest BCUT2D eigenvalue weighted by atomic mass is 16.5. The van der Waals surface area contributed by atoms with Crippen LogP contribution in [0.2, 0.25) is 0 Å². The van der Waals surface area contributed by atoms with Gasteiger partial charge in [0.05, 0.1) is 12.7 Å². The van der Waals surface area contributed by atoms with Crippen LogP contribution in [-0.4, -0.2) is 35.8 Å². The van der Waals surface area contributed by atoms with Gasteiger partial charge in [-0.25, -0.2) is 0 Å². The largest absolute Gasteiger partial charge is 0.392 e. The average Bonchev–Trinajstić information content (AvgIpc) is 2.42. The minimum Gasteiger partial charge on any atom is -0.392 e. The van der Waals surface area contributed by atoms with Crippen molar-refractivity contribution in [2.75, 3.05) is 19.7 Å². The van der Waals surface area contributed by atoms with Crippen LogP contribution in [0.25, 0.3) is 0 Å². The molecule has 0 aliphatic carbocycles. The normalized spacial score (nSPS) is 18.1. The van der Waals surface area contributed by atoms with Crippen molar-refractivity contribution in [3.8, 4) is 0 Å². The Morgan fingerprint density at radius 1 is 1.17 bits per heavy atom. The molecule has 3 heteroatoms. The van der Waals surface area contributed by atoms with Crippen molar-refractivity contribution in [1.29, 1.82) is 0 Å². The van der Waals surface area contributed by atoms with Crippen LogP contribution in [0.5, 0.6) is 0 Å². The molecule has 0 bridgehead atoms. The number of benzene rings is 1. The highest BCUT2D eigenvalue weighted by Crippen LogP contribution is 2.16. The van der Waals surface area contributed by atoms with Crippen molar-refractivity contribution < 1.29 is 9.84 Å². The molecule has 2 rings (SSSR count). The first-order chi connectivity index (χ1) is 8.81. The molecule has 1 fully saturated rings. The predicted molar refractivity (Wildman–Crippen MR) is 72.3 cm³/mol. The summed E-state index contributed by atoms with van der Waals surface area (Å²) in [7, 11) is 0. The lowest BCUT2D eigenvalue weighted by molar-refractivity contribution is 0.0125. The molecule has 1 aliphatic rings. The summed E-state index contributed by atoms with van der Waals surface area (Å²) in [5, 5.41) is 9.01. The molecule has 0 atom stereocenters. The van der Waals surface area contributed by atoms with Crippen LogP contribution in [-0.2, 0) is 17.9 Å². The number of rotatable bonds is 5. The molecule has 18 heavy (non-hydrogen) atoms. The maximum atomic E-state index is 9.01. The summed E-state index contributed by atoms with van der Waals surface area (Å²) in [5.41, 5.74) is 2.30. The van der Waals surface area contributed by atoms with Gasteiger partial charge in [0.15, 0.2) is 0 Å². The van der Waals surface area contributed by atoms with E-state index in [4.69, 9.17) is 9.84 Å². The van der Waals surface area contributed by atoms with Gasteiger partial charge in [-0.3, -0.25) is 4.90 Å². The van der Waals surface area contributed by atoms with Crippen LogP contribution in [0.3, 0.4) is 0 Å². The molecule has 100 valence electrons. The Morgan fingerprint density at radius 2 is 1.78 bits per heavy atom. The smallest absolute Gasteiger partial charge is 0.0681 e. The van der Waals surface area contributed by atoms with Gasteiger partial charge in [-0.05, 0) is 30.9 Å². The zero-order valence-corrected chi connectivity index (χ0v) is 11.1. The third kappa shape index (κ3) is 3.80. The van der Waals surface area contributed by atoms with Gasteiger partial charge in [-0.2, -0.15) is 0 Å². The molecule has 1 aromatic rings. The molecule has 1 saturated heterocycles. The molecule has 0 aromatic heterocycles. The van der Waals surface area contributed by atoms with Crippen LogP contribution in [0.1, 0.15) is 30.9 Å². The van der Waals surface area contributed by atoms with Crippen molar-refractivity contribution in [2.45, 2.75) is 39.0 Å². The number of aliphatic hydroxyl groups is 1. The van der Waals surface area contributed by atoms with E-state index in [-0.39, 0.29) is 6.61 Å². The number of piperidine rings is 1. The minimum atomic E-state index is 0.125. The molecule has 1 N–H and O–H groups in total. The third-order valence-electron chi connectivity index (χ3n) is 3.55. The molecule has 1 heterocycles. The Hall–Kier alpha value is -0.900. The molecule has 0 amide bonds. The van der Waals surface area contributed by atoms with Gasteiger partial charge in [-0.1, -0.05) is 24.3 Å². The number of hydrogen-bond acceptors (Lipinski definition) is 3. The summed E-state index contributed by atoms with van der Waals surface area (Å²) in [6, 6.07) is 8.23. The second-order valence-corrected chi connectivity index (χ2v) is 4.91. The fourth-order valence-corrected chi connectivity index (χ4v) is 2.48. The Bertz CT molecular complexity index is 342. The zero-order chi connectivity index (χ0) is 12.8. The first kappa shape index (κ1) is 13.5. The number of aliphatic hydroxyl groups excluding tert-OH is 1. The highest BCUT2D eigenvalue weighted by molar-refractivity contribution is 5.21. The van der Waals surface area contributed by atoms with E-state index in [0.29, 0.717) is 6.10 Å².